The summed E-state index contributed by atoms with van der Waals surface area (Å²) < 4.78 is 10.7. The highest BCUT2D eigenvalue weighted by Gasteiger charge is 2.34. The summed E-state index contributed by atoms with van der Waals surface area (Å²) in [4.78, 5) is 27.5. The molecule has 0 bridgehead atoms. The van der Waals surface area contributed by atoms with Crippen LogP contribution in [0.3, 0.4) is 0 Å². The minimum absolute atomic E-state index is 0.0267. The van der Waals surface area contributed by atoms with Crippen molar-refractivity contribution < 1.29 is 19.1 Å². The van der Waals surface area contributed by atoms with Crippen molar-refractivity contribution in [2.24, 2.45) is 0 Å². The second-order valence-corrected chi connectivity index (χ2v) is 9.04. The average Bonchev–Trinajstić information content (AvgIpc) is 2.63. The molecule has 1 aliphatic heterocycles. The lowest BCUT2D eigenvalue weighted by atomic mass is 9.84. The summed E-state index contributed by atoms with van der Waals surface area (Å²) in [5.41, 5.74) is 4.62. The van der Waals surface area contributed by atoms with E-state index in [9.17, 15) is 9.59 Å². The molecule has 0 saturated carbocycles. The second-order valence-electron chi connectivity index (χ2n) is 9.04. The molecule has 0 aromatic heterocycles. The number of methoxy groups -OCH3 is 1. The maximum absolute atomic E-state index is 13.1. The van der Waals surface area contributed by atoms with Gasteiger partial charge in [-0.25, -0.2) is 0 Å². The molecule has 1 aliphatic rings. The van der Waals surface area contributed by atoms with Gasteiger partial charge in [-0.05, 0) is 63.4 Å². The number of benzene rings is 2. The van der Waals surface area contributed by atoms with Gasteiger partial charge in [0.2, 0.25) is 5.91 Å². The highest BCUT2D eigenvalue weighted by atomic mass is 16.6. The molecule has 3 rings (SSSR count). The SMILES string of the molecule is COc1ccc(CN2C(=O)C[C@@H](CC(=O)OC(C)(C)C)c3cc(C)cc(C)c32)cc1. The van der Waals surface area contributed by atoms with Crippen LogP contribution in [0.4, 0.5) is 5.69 Å². The van der Waals surface area contributed by atoms with Crippen LogP contribution in [-0.4, -0.2) is 24.6 Å². The zero-order valence-corrected chi connectivity index (χ0v) is 18.7. The largest absolute Gasteiger partial charge is 0.497 e. The molecular weight excluding hydrogens is 378 g/mol. The first-order chi connectivity index (χ1) is 14.1. The number of fused-ring (bicyclic) bond motifs is 1. The van der Waals surface area contributed by atoms with Crippen LogP contribution in [0.15, 0.2) is 36.4 Å². The molecule has 2 aromatic carbocycles. The molecule has 1 heterocycles. The molecule has 2 aromatic rings. The van der Waals surface area contributed by atoms with Crippen LogP contribution in [0.2, 0.25) is 0 Å². The maximum atomic E-state index is 13.1. The quantitative estimate of drug-likeness (QED) is 0.648. The molecule has 1 amide bonds. The zero-order valence-electron chi connectivity index (χ0n) is 18.7. The van der Waals surface area contributed by atoms with Crippen LogP contribution in [-0.2, 0) is 20.9 Å². The Bertz CT molecular complexity index is 941. The third kappa shape index (κ3) is 5.02. The number of hydrogen-bond acceptors (Lipinski definition) is 4. The van der Waals surface area contributed by atoms with Crippen molar-refractivity contribution in [1.29, 1.82) is 0 Å². The summed E-state index contributed by atoms with van der Waals surface area (Å²) in [7, 11) is 1.63. The summed E-state index contributed by atoms with van der Waals surface area (Å²) in [5, 5.41) is 0. The number of esters is 1. The zero-order chi connectivity index (χ0) is 22.1. The fourth-order valence-electron chi connectivity index (χ4n) is 4.08. The molecule has 0 fully saturated rings. The van der Waals surface area contributed by atoms with Crippen LogP contribution >= 0.6 is 0 Å². The fourth-order valence-corrected chi connectivity index (χ4v) is 4.08. The van der Waals surface area contributed by atoms with Crippen molar-refractivity contribution in [1.82, 2.24) is 0 Å². The number of ether oxygens (including phenoxy) is 2. The van der Waals surface area contributed by atoms with Gasteiger partial charge >= 0.3 is 5.97 Å². The van der Waals surface area contributed by atoms with Crippen LogP contribution in [0, 0.1) is 13.8 Å². The van der Waals surface area contributed by atoms with Gasteiger partial charge in [0.25, 0.3) is 0 Å². The second kappa shape index (κ2) is 8.50. The van der Waals surface area contributed by atoms with Crippen molar-refractivity contribution in [2.45, 2.75) is 65.5 Å². The highest BCUT2D eigenvalue weighted by Crippen LogP contribution is 2.41. The van der Waals surface area contributed by atoms with E-state index in [0.29, 0.717) is 13.0 Å². The first kappa shape index (κ1) is 21.9. The summed E-state index contributed by atoms with van der Waals surface area (Å²) in [6.45, 7) is 10.1. The monoisotopic (exact) mass is 409 g/mol. The maximum Gasteiger partial charge on any atom is 0.306 e. The van der Waals surface area contributed by atoms with Gasteiger partial charge in [0.15, 0.2) is 0 Å². The molecule has 0 aliphatic carbocycles. The van der Waals surface area contributed by atoms with E-state index >= 15 is 0 Å². The summed E-state index contributed by atoms with van der Waals surface area (Å²) >= 11 is 0. The minimum atomic E-state index is -0.540. The molecule has 1 atom stereocenters. The molecule has 0 unspecified atom stereocenters. The highest BCUT2D eigenvalue weighted by molar-refractivity contribution is 5.98. The Labute approximate surface area is 179 Å². The minimum Gasteiger partial charge on any atom is -0.497 e. The standard InChI is InChI=1S/C25H31NO4/c1-16-11-17(2)24-21(12-16)19(14-23(28)30-25(3,4)5)13-22(27)26(24)15-18-7-9-20(29-6)10-8-18/h7-12,19H,13-15H2,1-6H3/t19-/m0/s1. The van der Waals surface area contributed by atoms with Crippen molar-refractivity contribution in [3.8, 4) is 5.75 Å². The molecule has 0 radical (unpaired) electrons. The van der Waals surface area contributed by atoms with Gasteiger partial charge in [-0.3, -0.25) is 9.59 Å². The number of nitrogens with zero attached hydrogens (tertiary/aromatic N) is 1. The van der Waals surface area contributed by atoms with Gasteiger partial charge < -0.3 is 14.4 Å². The number of amides is 1. The number of carbonyl (C=O) groups is 2. The molecule has 0 N–H and O–H groups in total. The number of hydrogen-bond donors (Lipinski definition) is 0. The Balaban J connectivity index is 1.93. The van der Waals surface area contributed by atoms with E-state index in [0.717, 1.165) is 33.7 Å². The average molecular weight is 410 g/mol. The predicted octanol–water partition coefficient (Wildman–Crippen LogP) is 5.06. The lowest BCUT2D eigenvalue weighted by Crippen LogP contribution is -2.38. The van der Waals surface area contributed by atoms with Gasteiger partial charge in [0.05, 0.1) is 25.8 Å². The summed E-state index contributed by atoms with van der Waals surface area (Å²) in [6.07, 6.45) is 0.501. The number of anilines is 1. The van der Waals surface area contributed by atoms with Crippen LogP contribution in [0.5, 0.6) is 5.75 Å². The van der Waals surface area contributed by atoms with Crippen molar-refractivity contribution in [3.05, 3.63) is 58.7 Å². The van der Waals surface area contributed by atoms with Gasteiger partial charge in [0.1, 0.15) is 11.4 Å². The Morgan fingerprint density at radius 1 is 1.13 bits per heavy atom. The van der Waals surface area contributed by atoms with Crippen molar-refractivity contribution >= 4 is 17.6 Å². The van der Waals surface area contributed by atoms with Crippen LogP contribution in [0.1, 0.15) is 61.8 Å². The predicted molar refractivity (Wildman–Crippen MR) is 118 cm³/mol. The van der Waals surface area contributed by atoms with Gasteiger partial charge in [-0.15, -0.1) is 0 Å². The molecular formula is C25H31NO4. The molecule has 0 spiro atoms. The number of rotatable bonds is 5. The number of aryl methyl sites for hydroxylation is 2. The lowest BCUT2D eigenvalue weighted by molar-refractivity contribution is -0.155. The van der Waals surface area contributed by atoms with Gasteiger partial charge in [-0.2, -0.15) is 0 Å². The van der Waals surface area contributed by atoms with Crippen molar-refractivity contribution in [3.63, 3.8) is 0 Å². The lowest BCUT2D eigenvalue weighted by Gasteiger charge is -2.36. The molecule has 5 nitrogen and oxygen atoms in total. The van der Waals surface area contributed by atoms with Crippen molar-refractivity contribution in [2.75, 3.05) is 12.0 Å². The van der Waals surface area contributed by atoms with Gasteiger partial charge in [0, 0.05) is 12.3 Å². The van der Waals surface area contributed by atoms with E-state index in [1.165, 1.54) is 0 Å². The molecule has 160 valence electrons. The summed E-state index contributed by atoms with van der Waals surface area (Å²) in [5.74, 6) is 0.370. The van der Waals surface area contributed by atoms with E-state index in [2.05, 4.69) is 12.1 Å². The van der Waals surface area contributed by atoms with Crippen LogP contribution in [0.25, 0.3) is 0 Å². The van der Waals surface area contributed by atoms with E-state index < -0.39 is 5.60 Å². The van der Waals surface area contributed by atoms with E-state index in [-0.39, 0.29) is 24.2 Å². The Morgan fingerprint density at radius 2 is 1.80 bits per heavy atom. The van der Waals surface area contributed by atoms with E-state index in [4.69, 9.17) is 9.47 Å². The third-order valence-corrected chi connectivity index (χ3v) is 5.24. The van der Waals surface area contributed by atoms with E-state index in [1.807, 2.05) is 63.8 Å². The Kier molecular flexibility index (Phi) is 6.20. The fraction of sp³-hybridized carbons (Fsp3) is 0.440. The first-order valence-electron chi connectivity index (χ1n) is 10.3. The van der Waals surface area contributed by atoms with Gasteiger partial charge in [-0.1, -0.05) is 29.8 Å². The Hall–Kier alpha value is -2.82. The molecule has 0 saturated heterocycles. The smallest absolute Gasteiger partial charge is 0.306 e. The summed E-state index contributed by atoms with van der Waals surface area (Å²) in [6, 6.07) is 11.9. The molecule has 30 heavy (non-hydrogen) atoms. The topological polar surface area (TPSA) is 55.8 Å². The van der Waals surface area contributed by atoms with Crippen LogP contribution < -0.4 is 9.64 Å². The third-order valence-electron chi connectivity index (χ3n) is 5.24. The van der Waals surface area contributed by atoms with E-state index in [1.54, 1.807) is 7.11 Å². The number of carbonyl (C=O) groups excluding carboxylic acids is 2. The normalized spacial score (nSPS) is 16.3. The first-order valence-corrected chi connectivity index (χ1v) is 10.3. The Morgan fingerprint density at radius 3 is 2.40 bits per heavy atom. The molecule has 5 heteroatoms.